The summed E-state index contributed by atoms with van der Waals surface area (Å²) in [6.07, 6.45) is 2.65. The Bertz CT molecular complexity index is 527. The van der Waals surface area contributed by atoms with Crippen LogP contribution < -0.4 is 0 Å². The molecule has 0 aliphatic carbocycles. The summed E-state index contributed by atoms with van der Waals surface area (Å²) >= 11 is 0. The van der Waals surface area contributed by atoms with Gasteiger partial charge in [-0.25, -0.2) is 0 Å². The molecule has 3 rings (SSSR count). The van der Waals surface area contributed by atoms with E-state index in [0.29, 0.717) is 6.10 Å². The summed E-state index contributed by atoms with van der Waals surface area (Å²) in [6, 6.07) is 10.1. The van der Waals surface area contributed by atoms with E-state index < -0.39 is 0 Å². The van der Waals surface area contributed by atoms with Gasteiger partial charge in [-0.3, -0.25) is 9.80 Å². The van der Waals surface area contributed by atoms with Crippen molar-refractivity contribution in [3.8, 4) is 6.07 Å². The average molecular weight is 329 g/mol. The second kappa shape index (κ2) is 9.14. The molecule has 1 atom stereocenters. The minimum Gasteiger partial charge on any atom is -0.377 e. The third kappa shape index (κ3) is 5.29. The smallest absolute Gasteiger partial charge is 0.0991 e. The van der Waals surface area contributed by atoms with Gasteiger partial charge in [0.25, 0.3) is 0 Å². The Balaban J connectivity index is 1.29. The summed E-state index contributed by atoms with van der Waals surface area (Å²) in [4.78, 5) is 4.95. The topological polar surface area (TPSA) is 48.7 Å². The monoisotopic (exact) mass is 329 g/mol. The second-order valence-electron chi connectivity index (χ2n) is 6.64. The molecular weight excluding hydrogens is 302 g/mol. The van der Waals surface area contributed by atoms with Crippen molar-refractivity contribution < 1.29 is 9.47 Å². The van der Waals surface area contributed by atoms with Crippen molar-refractivity contribution in [3.05, 3.63) is 35.4 Å². The summed E-state index contributed by atoms with van der Waals surface area (Å²) in [5, 5.41) is 8.85. The van der Waals surface area contributed by atoms with Crippen molar-refractivity contribution in [1.29, 1.82) is 5.26 Å². The maximum absolute atomic E-state index is 8.85. The second-order valence-corrected chi connectivity index (χ2v) is 6.64. The zero-order chi connectivity index (χ0) is 16.6. The van der Waals surface area contributed by atoms with Crippen LogP contribution in [0, 0.1) is 11.3 Å². The summed E-state index contributed by atoms with van der Waals surface area (Å²) in [6.45, 7) is 8.80. The Hall–Kier alpha value is -1.45. The van der Waals surface area contributed by atoms with E-state index in [-0.39, 0.29) is 0 Å². The molecule has 0 N–H and O–H groups in total. The largest absolute Gasteiger partial charge is 0.377 e. The molecule has 5 heteroatoms. The first-order valence-corrected chi connectivity index (χ1v) is 8.96. The number of ether oxygens (including phenoxy) is 2. The van der Waals surface area contributed by atoms with Gasteiger partial charge in [0.05, 0.1) is 31.0 Å². The number of hydrogen-bond acceptors (Lipinski definition) is 5. The number of rotatable bonds is 7. The summed E-state index contributed by atoms with van der Waals surface area (Å²) in [7, 11) is 0. The van der Waals surface area contributed by atoms with Gasteiger partial charge in [-0.2, -0.15) is 5.26 Å². The van der Waals surface area contributed by atoms with E-state index in [9.17, 15) is 0 Å². The van der Waals surface area contributed by atoms with Gasteiger partial charge in [-0.05, 0) is 30.5 Å². The summed E-state index contributed by atoms with van der Waals surface area (Å²) in [5.74, 6) is 0. The van der Waals surface area contributed by atoms with Crippen LogP contribution in [0.15, 0.2) is 24.3 Å². The number of benzene rings is 1. The van der Waals surface area contributed by atoms with Crippen LogP contribution >= 0.6 is 0 Å². The minimum atomic E-state index is 0.328. The van der Waals surface area contributed by atoms with E-state index in [1.165, 1.54) is 12.0 Å². The lowest BCUT2D eigenvalue weighted by molar-refractivity contribution is 0.00611. The maximum atomic E-state index is 8.85. The highest BCUT2D eigenvalue weighted by molar-refractivity contribution is 5.31. The lowest BCUT2D eigenvalue weighted by Crippen LogP contribution is -2.46. The molecule has 5 nitrogen and oxygen atoms in total. The van der Waals surface area contributed by atoms with Gasteiger partial charge in [0.15, 0.2) is 0 Å². The predicted octanol–water partition coefficient (Wildman–Crippen LogP) is 1.87. The normalized spacial score (nSPS) is 22.5. The molecular formula is C19H27N3O2. The van der Waals surface area contributed by atoms with Crippen LogP contribution in [0.4, 0.5) is 0 Å². The fourth-order valence-corrected chi connectivity index (χ4v) is 3.30. The van der Waals surface area contributed by atoms with Crippen molar-refractivity contribution in [2.45, 2.75) is 25.5 Å². The first-order valence-electron chi connectivity index (χ1n) is 8.96. The first kappa shape index (κ1) is 17.4. The van der Waals surface area contributed by atoms with E-state index in [0.717, 1.165) is 71.1 Å². The maximum Gasteiger partial charge on any atom is 0.0991 e. The Morgan fingerprint density at radius 1 is 1.12 bits per heavy atom. The van der Waals surface area contributed by atoms with Crippen LogP contribution in [0.2, 0.25) is 0 Å². The number of nitriles is 1. The van der Waals surface area contributed by atoms with Gasteiger partial charge >= 0.3 is 0 Å². The van der Waals surface area contributed by atoms with Gasteiger partial charge in [-0.15, -0.1) is 0 Å². The molecule has 0 amide bonds. The molecule has 130 valence electrons. The summed E-state index contributed by atoms with van der Waals surface area (Å²) < 4.78 is 11.3. The Labute approximate surface area is 144 Å². The molecule has 0 saturated carbocycles. The zero-order valence-electron chi connectivity index (χ0n) is 14.3. The zero-order valence-corrected chi connectivity index (χ0v) is 14.3. The highest BCUT2D eigenvalue weighted by atomic mass is 16.5. The molecule has 0 spiro atoms. The SMILES string of the molecule is N#Cc1ccc(CN2CCN(CCOCC3CCCO3)CC2)cc1. The van der Waals surface area contributed by atoms with Crippen molar-refractivity contribution >= 4 is 0 Å². The molecule has 2 fully saturated rings. The highest BCUT2D eigenvalue weighted by Gasteiger charge is 2.18. The van der Waals surface area contributed by atoms with Gasteiger partial charge < -0.3 is 9.47 Å². The number of piperazine rings is 1. The lowest BCUT2D eigenvalue weighted by atomic mass is 10.1. The molecule has 2 saturated heterocycles. The van der Waals surface area contributed by atoms with Gasteiger partial charge in [0.1, 0.15) is 0 Å². The van der Waals surface area contributed by atoms with Crippen LogP contribution in [0.5, 0.6) is 0 Å². The third-order valence-corrected chi connectivity index (χ3v) is 4.83. The highest BCUT2D eigenvalue weighted by Crippen LogP contribution is 2.12. The minimum absolute atomic E-state index is 0.328. The molecule has 2 aliphatic heterocycles. The average Bonchev–Trinajstić information content (AvgIpc) is 3.14. The van der Waals surface area contributed by atoms with E-state index in [4.69, 9.17) is 14.7 Å². The number of hydrogen-bond donors (Lipinski definition) is 0. The van der Waals surface area contributed by atoms with Crippen LogP contribution in [-0.4, -0.2) is 68.4 Å². The van der Waals surface area contributed by atoms with Crippen LogP contribution in [-0.2, 0) is 16.0 Å². The first-order chi connectivity index (χ1) is 11.8. The molecule has 2 heterocycles. The molecule has 1 unspecified atom stereocenters. The Morgan fingerprint density at radius 3 is 2.54 bits per heavy atom. The van der Waals surface area contributed by atoms with E-state index in [2.05, 4.69) is 28.0 Å². The summed E-state index contributed by atoms with van der Waals surface area (Å²) in [5.41, 5.74) is 2.01. The van der Waals surface area contributed by atoms with E-state index in [1.807, 2.05) is 12.1 Å². The fraction of sp³-hybridized carbons (Fsp3) is 0.632. The molecule has 24 heavy (non-hydrogen) atoms. The third-order valence-electron chi connectivity index (χ3n) is 4.83. The van der Waals surface area contributed by atoms with Crippen LogP contribution in [0.3, 0.4) is 0 Å². The van der Waals surface area contributed by atoms with Crippen LogP contribution in [0.1, 0.15) is 24.0 Å². The van der Waals surface area contributed by atoms with Gasteiger partial charge in [0, 0.05) is 45.9 Å². The molecule has 0 bridgehead atoms. The molecule has 1 aromatic rings. The molecule has 1 aromatic carbocycles. The van der Waals surface area contributed by atoms with Gasteiger partial charge in [-0.1, -0.05) is 12.1 Å². The van der Waals surface area contributed by atoms with Crippen LogP contribution in [0.25, 0.3) is 0 Å². The molecule has 0 aromatic heterocycles. The van der Waals surface area contributed by atoms with E-state index >= 15 is 0 Å². The predicted molar refractivity (Wildman–Crippen MR) is 92.7 cm³/mol. The van der Waals surface area contributed by atoms with Crippen molar-refractivity contribution in [3.63, 3.8) is 0 Å². The van der Waals surface area contributed by atoms with Crippen molar-refractivity contribution in [2.24, 2.45) is 0 Å². The Morgan fingerprint density at radius 2 is 1.88 bits per heavy atom. The quantitative estimate of drug-likeness (QED) is 0.715. The lowest BCUT2D eigenvalue weighted by Gasteiger charge is -2.34. The Kier molecular flexibility index (Phi) is 6.62. The fourth-order valence-electron chi connectivity index (χ4n) is 3.30. The van der Waals surface area contributed by atoms with E-state index in [1.54, 1.807) is 0 Å². The molecule has 2 aliphatic rings. The number of nitrogens with zero attached hydrogens (tertiary/aromatic N) is 3. The van der Waals surface area contributed by atoms with Crippen molar-refractivity contribution in [2.75, 3.05) is 52.5 Å². The van der Waals surface area contributed by atoms with Crippen molar-refractivity contribution in [1.82, 2.24) is 9.80 Å². The van der Waals surface area contributed by atoms with Gasteiger partial charge in [0.2, 0.25) is 0 Å². The molecule has 0 radical (unpaired) electrons. The standard InChI is InChI=1S/C19H27N3O2/c20-14-17-3-5-18(6-4-17)15-22-9-7-21(8-10-22)11-13-23-16-19-2-1-12-24-19/h3-6,19H,1-2,7-13,15-16H2.